The predicted molar refractivity (Wildman–Crippen MR) is 71.0 cm³/mol. The van der Waals surface area contributed by atoms with Gasteiger partial charge in [0.05, 0.1) is 6.20 Å². The third-order valence-corrected chi connectivity index (χ3v) is 3.12. The minimum atomic E-state index is 0.117. The lowest BCUT2D eigenvalue weighted by molar-refractivity contribution is 0.473. The predicted octanol–water partition coefficient (Wildman–Crippen LogP) is 0.370. The van der Waals surface area contributed by atoms with Crippen LogP contribution < -0.4 is 10.2 Å². The molecule has 0 bridgehead atoms. The summed E-state index contributed by atoms with van der Waals surface area (Å²) in [5.74, 6) is 1.42. The number of hydrogen-bond donors (Lipinski definition) is 3. The van der Waals surface area contributed by atoms with Crippen molar-refractivity contribution < 1.29 is 5.11 Å². The molecule has 2 aromatic rings. The maximum Gasteiger partial charge on any atom is 0.245 e. The quantitative estimate of drug-likeness (QED) is 0.723. The molecule has 1 atom stereocenters. The number of aromatic amines is 1. The van der Waals surface area contributed by atoms with Crippen LogP contribution in [-0.2, 0) is 0 Å². The molecular formula is C12H16N6O. The van der Waals surface area contributed by atoms with Gasteiger partial charge >= 0.3 is 0 Å². The second kappa shape index (κ2) is 4.85. The van der Waals surface area contributed by atoms with Gasteiger partial charge in [0.1, 0.15) is 5.75 Å². The summed E-state index contributed by atoms with van der Waals surface area (Å²) in [6.45, 7) is 4.84. The second-order valence-electron chi connectivity index (χ2n) is 4.72. The monoisotopic (exact) mass is 260 g/mol. The minimum absolute atomic E-state index is 0.117. The zero-order chi connectivity index (χ0) is 13.2. The van der Waals surface area contributed by atoms with Gasteiger partial charge in [-0.1, -0.05) is 0 Å². The van der Waals surface area contributed by atoms with Gasteiger partial charge in [-0.25, -0.2) is 0 Å². The van der Waals surface area contributed by atoms with Crippen molar-refractivity contribution in [3.8, 4) is 17.1 Å². The summed E-state index contributed by atoms with van der Waals surface area (Å²) >= 11 is 0. The molecule has 1 saturated heterocycles. The van der Waals surface area contributed by atoms with Crippen LogP contribution >= 0.6 is 0 Å². The maximum absolute atomic E-state index is 9.42. The molecule has 19 heavy (non-hydrogen) atoms. The number of nitrogens with zero attached hydrogens (tertiary/aromatic N) is 4. The number of H-pyrrole nitrogens is 1. The van der Waals surface area contributed by atoms with E-state index in [1.165, 1.54) is 6.20 Å². The summed E-state index contributed by atoms with van der Waals surface area (Å²) in [6, 6.07) is 2.04. The molecule has 1 aliphatic rings. The molecule has 3 rings (SSSR count). The minimum Gasteiger partial charge on any atom is -0.506 e. The molecule has 3 N–H and O–H groups in total. The first-order valence-electron chi connectivity index (χ1n) is 6.27. The van der Waals surface area contributed by atoms with Crippen LogP contribution in [0.4, 0.5) is 5.95 Å². The molecule has 2 aromatic heterocycles. The Balaban J connectivity index is 1.83. The van der Waals surface area contributed by atoms with E-state index < -0.39 is 0 Å². The van der Waals surface area contributed by atoms with Crippen LogP contribution in [0.1, 0.15) is 6.92 Å². The number of piperazine rings is 1. The van der Waals surface area contributed by atoms with Crippen LogP contribution in [0, 0.1) is 0 Å². The normalized spacial score (nSPS) is 19.6. The smallest absolute Gasteiger partial charge is 0.245 e. The fourth-order valence-electron chi connectivity index (χ4n) is 2.19. The maximum atomic E-state index is 9.42. The first-order valence-corrected chi connectivity index (χ1v) is 6.27. The van der Waals surface area contributed by atoms with Crippen molar-refractivity contribution in [1.82, 2.24) is 25.5 Å². The van der Waals surface area contributed by atoms with E-state index in [2.05, 4.69) is 37.3 Å². The van der Waals surface area contributed by atoms with Gasteiger partial charge in [-0.2, -0.15) is 4.98 Å². The lowest BCUT2D eigenvalue weighted by Gasteiger charge is -2.30. The number of anilines is 1. The number of pyridine rings is 1. The number of rotatable bonds is 2. The Morgan fingerprint density at radius 3 is 3.11 bits per heavy atom. The van der Waals surface area contributed by atoms with E-state index >= 15 is 0 Å². The highest BCUT2D eigenvalue weighted by molar-refractivity contribution is 5.56. The van der Waals surface area contributed by atoms with Gasteiger partial charge in [-0.15, -0.1) is 5.10 Å². The Hall–Kier alpha value is -2.15. The fraction of sp³-hybridized carbons (Fsp3) is 0.417. The van der Waals surface area contributed by atoms with Crippen molar-refractivity contribution in [3.63, 3.8) is 0 Å². The Labute approximate surface area is 110 Å². The van der Waals surface area contributed by atoms with Gasteiger partial charge in [0.15, 0.2) is 5.82 Å². The van der Waals surface area contributed by atoms with Crippen LogP contribution in [0.5, 0.6) is 5.75 Å². The molecule has 7 nitrogen and oxygen atoms in total. The SMILES string of the molecule is C[C@@H]1CN(c2n[nH]c(-c3cncc(O)c3)n2)CCN1. The Kier molecular flexibility index (Phi) is 3.04. The number of aromatic hydroxyl groups is 1. The molecule has 0 saturated carbocycles. The average Bonchev–Trinajstić information content (AvgIpc) is 2.88. The van der Waals surface area contributed by atoms with Crippen molar-refractivity contribution in [1.29, 1.82) is 0 Å². The molecule has 0 radical (unpaired) electrons. The van der Waals surface area contributed by atoms with Gasteiger partial charge in [0.2, 0.25) is 5.95 Å². The summed E-state index contributed by atoms with van der Waals surface area (Å²) in [5.41, 5.74) is 0.724. The lowest BCUT2D eigenvalue weighted by atomic mass is 10.2. The van der Waals surface area contributed by atoms with Crippen molar-refractivity contribution in [3.05, 3.63) is 18.5 Å². The first kappa shape index (κ1) is 11.9. The van der Waals surface area contributed by atoms with E-state index in [4.69, 9.17) is 0 Å². The molecule has 100 valence electrons. The highest BCUT2D eigenvalue weighted by Gasteiger charge is 2.19. The summed E-state index contributed by atoms with van der Waals surface area (Å²) in [4.78, 5) is 10.5. The van der Waals surface area contributed by atoms with E-state index in [9.17, 15) is 5.11 Å². The zero-order valence-electron chi connectivity index (χ0n) is 10.7. The number of nitrogens with one attached hydrogen (secondary N) is 2. The highest BCUT2D eigenvalue weighted by Crippen LogP contribution is 2.20. The third-order valence-electron chi connectivity index (χ3n) is 3.12. The molecule has 3 heterocycles. The van der Waals surface area contributed by atoms with E-state index in [1.807, 2.05) is 0 Å². The number of aromatic nitrogens is 4. The zero-order valence-corrected chi connectivity index (χ0v) is 10.7. The summed E-state index contributed by atoms with van der Waals surface area (Å²) < 4.78 is 0. The van der Waals surface area contributed by atoms with Crippen molar-refractivity contribution >= 4 is 5.95 Å². The Morgan fingerprint density at radius 2 is 2.32 bits per heavy atom. The van der Waals surface area contributed by atoms with Gasteiger partial charge in [0.25, 0.3) is 0 Å². The molecular weight excluding hydrogens is 244 g/mol. The summed E-state index contributed by atoms with van der Waals surface area (Å²) in [5, 5.41) is 19.9. The van der Waals surface area contributed by atoms with E-state index in [0.29, 0.717) is 17.8 Å². The average molecular weight is 260 g/mol. The van der Waals surface area contributed by atoms with Crippen molar-refractivity contribution in [2.24, 2.45) is 0 Å². The van der Waals surface area contributed by atoms with Crippen molar-refractivity contribution in [2.45, 2.75) is 13.0 Å². The molecule has 0 unspecified atom stereocenters. The Morgan fingerprint density at radius 1 is 1.42 bits per heavy atom. The molecule has 1 aliphatic heterocycles. The van der Waals surface area contributed by atoms with Crippen LogP contribution in [0.25, 0.3) is 11.4 Å². The van der Waals surface area contributed by atoms with E-state index in [0.717, 1.165) is 25.2 Å². The Bertz CT molecular complexity index is 569. The van der Waals surface area contributed by atoms with Gasteiger partial charge in [-0.3, -0.25) is 10.1 Å². The van der Waals surface area contributed by atoms with Gasteiger partial charge in [-0.05, 0) is 13.0 Å². The molecule has 0 spiro atoms. The van der Waals surface area contributed by atoms with Crippen LogP contribution in [-0.4, -0.2) is 50.9 Å². The third kappa shape index (κ3) is 2.50. The molecule has 1 fully saturated rings. The van der Waals surface area contributed by atoms with Gasteiger partial charge < -0.3 is 15.3 Å². The van der Waals surface area contributed by atoms with Crippen LogP contribution in [0.2, 0.25) is 0 Å². The summed E-state index contributed by atoms with van der Waals surface area (Å²) in [6.07, 6.45) is 3.03. The van der Waals surface area contributed by atoms with E-state index in [1.54, 1.807) is 12.3 Å². The first-order chi connectivity index (χ1) is 9.22. The molecule has 7 heteroatoms. The molecule has 0 aliphatic carbocycles. The fourth-order valence-corrected chi connectivity index (χ4v) is 2.19. The van der Waals surface area contributed by atoms with E-state index in [-0.39, 0.29) is 5.75 Å². The topological polar surface area (TPSA) is 90.0 Å². The van der Waals surface area contributed by atoms with Gasteiger partial charge in [0, 0.05) is 37.4 Å². The lowest BCUT2D eigenvalue weighted by Crippen LogP contribution is -2.49. The molecule has 0 aromatic carbocycles. The highest BCUT2D eigenvalue weighted by atomic mass is 16.3. The largest absolute Gasteiger partial charge is 0.506 e. The molecule has 0 amide bonds. The number of hydrogen-bond acceptors (Lipinski definition) is 6. The summed E-state index contributed by atoms with van der Waals surface area (Å²) in [7, 11) is 0. The van der Waals surface area contributed by atoms with Crippen LogP contribution in [0.3, 0.4) is 0 Å². The standard InChI is InChI=1S/C12H16N6O/c1-8-7-18(3-2-14-8)12-15-11(16-17-12)9-4-10(19)6-13-5-9/h4-6,8,14,19H,2-3,7H2,1H3,(H,15,16,17)/t8-/m1/s1. The second-order valence-corrected chi connectivity index (χ2v) is 4.72. The van der Waals surface area contributed by atoms with Crippen molar-refractivity contribution in [2.75, 3.05) is 24.5 Å². The van der Waals surface area contributed by atoms with Crippen LogP contribution in [0.15, 0.2) is 18.5 Å².